The van der Waals surface area contributed by atoms with Crippen molar-refractivity contribution in [3.8, 4) is 0 Å². The van der Waals surface area contributed by atoms with Crippen LogP contribution in [0, 0.1) is 17.8 Å². The maximum atomic E-state index is 2.44. The number of unbranched alkanes of at least 4 members (excludes halogenated alkanes) is 2. The van der Waals surface area contributed by atoms with E-state index in [1.54, 1.807) is 0 Å². The molecule has 0 aromatic rings. The molecular weight excluding hydrogens is 240 g/mol. The summed E-state index contributed by atoms with van der Waals surface area (Å²) in [4.78, 5) is 0. The minimum Gasteiger partial charge on any atom is -0.0654 e. The van der Waals surface area contributed by atoms with Gasteiger partial charge in [-0.05, 0) is 24.2 Å². The Labute approximate surface area is 130 Å². The van der Waals surface area contributed by atoms with E-state index in [9.17, 15) is 0 Å². The van der Waals surface area contributed by atoms with Crippen LogP contribution < -0.4 is 0 Å². The van der Waals surface area contributed by atoms with Gasteiger partial charge in [-0.25, -0.2) is 0 Å². The van der Waals surface area contributed by atoms with Crippen molar-refractivity contribution in [2.45, 2.75) is 112 Å². The monoisotopic (exact) mass is 282 g/mol. The molecule has 0 bridgehead atoms. The summed E-state index contributed by atoms with van der Waals surface area (Å²) < 4.78 is 0. The highest BCUT2D eigenvalue weighted by atomic mass is 14.2. The van der Waals surface area contributed by atoms with Crippen LogP contribution in [-0.2, 0) is 0 Å². The lowest BCUT2D eigenvalue weighted by Crippen LogP contribution is -2.09. The minimum absolute atomic E-state index is 0.927. The highest BCUT2D eigenvalue weighted by Gasteiger charge is 2.15. The van der Waals surface area contributed by atoms with E-state index in [1.165, 1.54) is 77.0 Å². The van der Waals surface area contributed by atoms with Gasteiger partial charge >= 0.3 is 0 Å². The van der Waals surface area contributed by atoms with Gasteiger partial charge in [0.15, 0.2) is 0 Å². The molecule has 0 saturated carbocycles. The van der Waals surface area contributed by atoms with Crippen molar-refractivity contribution in [3.63, 3.8) is 0 Å². The first-order valence-corrected chi connectivity index (χ1v) is 9.67. The molecule has 0 aromatic carbocycles. The average Bonchev–Trinajstić information content (AvgIpc) is 2.44. The molecule has 0 fully saturated rings. The Morgan fingerprint density at radius 3 is 1.75 bits per heavy atom. The van der Waals surface area contributed by atoms with Crippen molar-refractivity contribution in [3.05, 3.63) is 0 Å². The lowest BCUT2D eigenvalue weighted by molar-refractivity contribution is 0.294. The third kappa shape index (κ3) is 10.7. The molecule has 0 aromatic heterocycles. The molecule has 0 aliphatic heterocycles. The van der Waals surface area contributed by atoms with Crippen molar-refractivity contribution in [1.82, 2.24) is 0 Å². The van der Waals surface area contributed by atoms with Crippen LogP contribution in [0.5, 0.6) is 0 Å². The number of rotatable bonds is 14. The fraction of sp³-hybridized carbons (Fsp3) is 1.00. The third-order valence-corrected chi connectivity index (χ3v) is 5.03. The molecule has 0 heterocycles. The Kier molecular flexibility index (Phi) is 14.0. The molecule has 0 rings (SSSR count). The fourth-order valence-electron chi connectivity index (χ4n) is 3.52. The molecule has 20 heavy (non-hydrogen) atoms. The van der Waals surface area contributed by atoms with Crippen LogP contribution in [0.3, 0.4) is 0 Å². The Bertz CT molecular complexity index is 184. The summed E-state index contributed by atoms with van der Waals surface area (Å²) in [5.41, 5.74) is 0. The van der Waals surface area contributed by atoms with Crippen molar-refractivity contribution < 1.29 is 0 Å². The minimum atomic E-state index is 0.927. The van der Waals surface area contributed by atoms with E-state index in [1.807, 2.05) is 0 Å². The van der Waals surface area contributed by atoms with Crippen LogP contribution in [0.2, 0.25) is 0 Å². The molecule has 122 valence electrons. The van der Waals surface area contributed by atoms with Crippen LogP contribution in [-0.4, -0.2) is 0 Å². The second-order valence-electron chi connectivity index (χ2n) is 7.13. The lowest BCUT2D eigenvalue weighted by atomic mass is 9.83. The van der Waals surface area contributed by atoms with E-state index in [4.69, 9.17) is 0 Å². The lowest BCUT2D eigenvalue weighted by Gasteiger charge is -2.23. The molecule has 3 atom stereocenters. The van der Waals surface area contributed by atoms with E-state index in [0.29, 0.717) is 0 Å². The highest BCUT2D eigenvalue weighted by molar-refractivity contribution is 4.67. The van der Waals surface area contributed by atoms with Gasteiger partial charge in [-0.15, -0.1) is 0 Å². The van der Waals surface area contributed by atoms with Crippen LogP contribution in [0.15, 0.2) is 0 Å². The molecule has 0 radical (unpaired) electrons. The maximum absolute atomic E-state index is 2.44. The van der Waals surface area contributed by atoms with Gasteiger partial charge in [0.1, 0.15) is 0 Å². The summed E-state index contributed by atoms with van der Waals surface area (Å²) in [6.45, 7) is 11.8. The molecule has 0 spiro atoms. The normalized spacial score (nSPS) is 16.1. The van der Waals surface area contributed by atoms with Gasteiger partial charge in [0, 0.05) is 0 Å². The van der Waals surface area contributed by atoms with E-state index in [0.717, 1.165) is 17.8 Å². The van der Waals surface area contributed by atoms with Gasteiger partial charge in [-0.2, -0.15) is 0 Å². The molecule has 0 N–H and O–H groups in total. The molecule has 0 heteroatoms. The first-order valence-electron chi connectivity index (χ1n) is 9.67. The Morgan fingerprint density at radius 2 is 1.20 bits per heavy atom. The SMILES string of the molecule is CCCCCC(CCC)CCC(CCC)CC(C)CC. The first kappa shape index (κ1) is 20.0. The topological polar surface area (TPSA) is 0 Å². The summed E-state index contributed by atoms with van der Waals surface area (Å²) >= 11 is 0. The summed E-state index contributed by atoms with van der Waals surface area (Å²) in [6.07, 6.45) is 17.2. The van der Waals surface area contributed by atoms with E-state index < -0.39 is 0 Å². The molecule has 0 saturated heterocycles. The fourth-order valence-corrected chi connectivity index (χ4v) is 3.52. The maximum Gasteiger partial charge on any atom is -0.0412 e. The quantitative estimate of drug-likeness (QED) is 0.287. The Morgan fingerprint density at radius 1 is 0.600 bits per heavy atom. The van der Waals surface area contributed by atoms with Crippen LogP contribution in [0.25, 0.3) is 0 Å². The first-order chi connectivity index (χ1) is 9.67. The molecule has 3 unspecified atom stereocenters. The van der Waals surface area contributed by atoms with Gasteiger partial charge in [0.05, 0.1) is 0 Å². The van der Waals surface area contributed by atoms with Gasteiger partial charge in [0.2, 0.25) is 0 Å². The standard InChI is InChI=1S/C20H42/c1-6-10-11-14-19(12-7-2)15-16-20(13-8-3)17-18(5)9-4/h18-20H,6-17H2,1-5H3. The van der Waals surface area contributed by atoms with E-state index in [-0.39, 0.29) is 0 Å². The smallest absolute Gasteiger partial charge is 0.0412 e. The van der Waals surface area contributed by atoms with Crippen LogP contribution >= 0.6 is 0 Å². The molecule has 0 nitrogen and oxygen atoms in total. The van der Waals surface area contributed by atoms with E-state index >= 15 is 0 Å². The Hall–Kier alpha value is 0. The predicted octanol–water partition coefficient (Wildman–Crippen LogP) is 7.62. The number of hydrogen-bond donors (Lipinski definition) is 0. The average molecular weight is 283 g/mol. The Balaban J connectivity index is 4.09. The van der Waals surface area contributed by atoms with Crippen LogP contribution in [0.4, 0.5) is 0 Å². The predicted molar refractivity (Wildman–Crippen MR) is 94.2 cm³/mol. The molecule has 0 amide bonds. The number of hydrogen-bond acceptors (Lipinski definition) is 0. The second kappa shape index (κ2) is 14.0. The zero-order valence-corrected chi connectivity index (χ0v) is 15.2. The zero-order chi connectivity index (χ0) is 15.2. The van der Waals surface area contributed by atoms with Crippen molar-refractivity contribution in [2.24, 2.45) is 17.8 Å². The van der Waals surface area contributed by atoms with Crippen LogP contribution in [0.1, 0.15) is 112 Å². The largest absolute Gasteiger partial charge is 0.0654 e. The second-order valence-corrected chi connectivity index (χ2v) is 7.13. The van der Waals surface area contributed by atoms with Crippen molar-refractivity contribution in [1.29, 1.82) is 0 Å². The molecule has 0 aliphatic rings. The molecular formula is C20H42. The van der Waals surface area contributed by atoms with Gasteiger partial charge < -0.3 is 0 Å². The molecule has 0 aliphatic carbocycles. The van der Waals surface area contributed by atoms with Gasteiger partial charge in [-0.1, -0.05) is 105 Å². The zero-order valence-electron chi connectivity index (χ0n) is 15.2. The third-order valence-electron chi connectivity index (χ3n) is 5.03. The summed E-state index contributed by atoms with van der Waals surface area (Å²) in [6, 6.07) is 0. The summed E-state index contributed by atoms with van der Waals surface area (Å²) in [5, 5.41) is 0. The highest BCUT2D eigenvalue weighted by Crippen LogP contribution is 2.29. The summed E-state index contributed by atoms with van der Waals surface area (Å²) in [7, 11) is 0. The summed E-state index contributed by atoms with van der Waals surface area (Å²) in [5.74, 6) is 2.94. The van der Waals surface area contributed by atoms with Gasteiger partial charge in [0.25, 0.3) is 0 Å². The van der Waals surface area contributed by atoms with Crippen molar-refractivity contribution >= 4 is 0 Å². The van der Waals surface area contributed by atoms with Gasteiger partial charge in [-0.3, -0.25) is 0 Å². The van der Waals surface area contributed by atoms with Crippen molar-refractivity contribution in [2.75, 3.05) is 0 Å². The van der Waals surface area contributed by atoms with E-state index in [2.05, 4.69) is 34.6 Å².